The second-order valence-electron chi connectivity index (χ2n) is 6.94. The standard InChI is InChI=1S/C17H27N3OS/c1-13(14-4-8-18-9-5-14)12-15(21)20-17(6-2-3-7-17)16-19-10-11-22-16/h10-11,13-14,18H,2-9,12H2,1H3,(H,20,21). The molecule has 2 aliphatic rings. The maximum Gasteiger partial charge on any atom is 0.221 e. The average molecular weight is 321 g/mol. The molecule has 122 valence electrons. The number of nitrogens with zero attached hydrogens (tertiary/aromatic N) is 1. The van der Waals surface area contributed by atoms with Crippen molar-refractivity contribution in [1.29, 1.82) is 0 Å². The molecular weight excluding hydrogens is 294 g/mol. The third-order valence-electron chi connectivity index (χ3n) is 5.37. The van der Waals surface area contributed by atoms with Gasteiger partial charge in [-0.3, -0.25) is 4.79 Å². The summed E-state index contributed by atoms with van der Waals surface area (Å²) in [5, 5.41) is 9.86. The minimum Gasteiger partial charge on any atom is -0.344 e. The van der Waals surface area contributed by atoms with E-state index in [1.165, 1.54) is 25.7 Å². The summed E-state index contributed by atoms with van der Waals surface area (Å²) in [7, 11) is 0. The van der Waals surface area contributed by atoms with Gasteiger partial charge in [0.15, 0.2) is 0 Å². The van der Waals surface area contributed by atoms with Gasteiger partial charge in [-0.15, -0.1) is 11.3 Å². The molecule has 0 radical (unpaired) electrons. The van der Waals surface area contributed by atoms with Crippen LogP contribution in [-0.2, 0) is 10.3 Å². The zero-order chi connectivity index (χ0) is 15.4. The number of piperidine rings is 1. The highest BCUT2D eigenvalue weighted by molar-refractivity contribution is 7.09. The molecule has 2 fully saturated rings. The molecule has 5 heteroatoms. The highest BCUT2D eigenvalue weighted by atomic mass is 32.1. The Bertz CT molecular complexity index is 476. The SMILES string of the molecule is CC(CC(=O)NC1(c2nccs2)CCCC1)C1CCNCC1. The molecule has 0 aromatic carbocycles. The Kier molecular flexibility index (Phi) is 5.14. The first-order valence-corrected chi connectivity index (χ1v) is 9.49. The van der Waals surface area contributed by atoms with Crippen molar-refractivity contribution >= 4 is 17.2 Å². The number of aromatic nitrogens is 1. The van der Waals surface area contributed by atoms with E-state index < -0.39 is 0 Å². The van der Waals surface area contributed by atoms with Crippen LogP contribution in [0.3, 0.4) is 0 Å². The molecule has 4 nitrogen and oxygen atoms in total. The van der Waals surface area contributed by atoms with Crippen LogP contribution in [0, 0.1) is 11.8 Å². The summed E-state index contributed by atoms with van der Waals surface area (Å²) < 4.78 is 0. The largest absolute Gasteiger partial charge is 0.344 e. The molecule has 1 saturated heterocycles. The van der Waals surface area contributed by atoms with Crippen molar-refractivity contribution in [3.05, 3.63) is 16.6 Å². The molecule has 1 aromatic rings. The Morgan fingerprint density at radius 2 is 2.18 bits per heavy atom. The van der Waals surface area contributed by atoms with E-state index >= 15 is 0 Å². The first kappa shape index (κ1) is 15.9. The van der Waals surface area contributed by atoms with E-state index in [0.29, 0.717) is 18.3 Å². The zero-order valence-corrected chi connectivity index (χ0v) is 14.3. The van der Waals surface area contributed by atoms with Crippen LogP contribution in [-0.4, -0.2) is 24.0 Å². The number of carbonyl (C=O) groups is 1. The number of hydrogen-bond acceptors (Lipinski definition) is 4. The van der Waals surface area contributed by atoms with Gasteiger partial charge in [0.2, 0.25) is 5.91 Å². The second kappa shape index (κ2) is 7.09. The van der Waals surface area contributed by atoms with Gasteiger partial charge in [0.05, 0.1) is 5.54 Å². The van der Waals surface area contributed by atoms with Gasteiger partial charge in [0, 0.05) is 18.0 Å². The Morgan fingerprint density at radius 3 is 2.82 bits per heavy atom. The van der Waals surface area contributed by atoms with Crippen LogP contribution in [0.25, 0.3) is 0 Å². The Hall–Kier alpha value is -0.940. The number of carbonyl (C=O) groups excluding carboxylic acids is 1. The maximum atomic E-state index is 12.6. The van der Waals surface area contributed by atoms with Crippen molar-refractivity contribution in [2.75, 3.05) is 13.1 Å². The molecule has 22 heavy (non-hydrogen) atoms. The van der Waals surface area contributed by atoms with E-state index in [4.69, 9.17) is 0 Å². The molecule has 1 atom stereocenters. The van der Waals surface area contributed by atoms with Crippen LogP contribution in [0.2, 0.25) is 0 Å². The molecule has 1 saturated carbocycles. The summed E-state index contributed by atoms with van der Waals surface area (Å²) in [4.78, 5) is 17.1. The highest BCUT2D eigenvalue weighted by Gasteiger charge is 2.39. The molecule has 1 aliphatic heterocycles. The van der Waals surface area contributed by atoms with Crippen molar-refractivity contribution < 1.29 is 4.79 Å². The van der Waals surface area contributed by atoms with E-state index in [9.17, 15) is 4.79 Å². The number of thiazole rings is 1. The summed E-state index contributed by atoms with van der Waals surface area (Å²) in [6.45, 7) is 4.43. The van der Waals surface area contributed by atoms with Crippen molar-refractivity contribution in [3.63, 3.8) is 0 Å². The molecule has 1 amide bonds. The lowest BCUT2D eigenvalue weighted by Gasteiger charge is -2.31. The Balaban J connectivity index is 1.60. The lowest BCUT2D eigenvalue weighted by molar-refractivity contribution is -0.124. The summed E-state index contributed by atoms with van der Waals surface area (Å²) in [6.07, 6.45) is 9.34. The monoisotopic (exact) mass is 321 g/mol. The van der Waals surface area contributed by atoms with Crippen LogP contribution in [0.15, 0.2) is 11.6 Å². The predicted octanol–water partition coefficient (Wildman–Crippen LogP) is 3.05. The average Bonchev–Trinajstić information content (AvgIpc) is 3.19. The maximum absolute atomic E-state index is 12.6. The van der Waals surface area contributed by atoms with Crippen molar-refractivity contribution in [1.82, 2.24) is 15.6 Å². The van der Waals surface area contributed by atoms with Gasteiger partial charge in [0.1, 0.15) is 5.01 Å². The Labute approximate surface area is 137 Å². The minimum atomic E-state index is -0.181. The Morgan fingerprint density at radius 1 is 1.45 bits per heavy atom. The highest BCUT2D eigenvalue weighted by Crippen LogP contribution is 2.40. The zero-order valence-electron chi connectivity index (χ0n) is 13.4. The van der Waals surface area contributed by atoms with E-state index in [1.807, 2.05) is 11.6 Å². The normalized spacial score (nSPS) is 23.3. The molecule has 1 aromatic heterocycles. The lowest BCUT2D eigenvalue weighted by atomic mass is 9.83. The van der Waals surface area contributed by atoms with Gasteiger partial charge >= 0.3 is 0 Å². The van der Waals surface area contributed by atoms with Crippen molar-refractivity contribution in [2.45, 2.75) is 57.4 Å². The molecule has 2 N–H and O–H groups in total. The molecule has 2 heterocycles. The summed E-state index contributed by atoms with van der Waals surface area (Å²) >= 11 is 1.67. The van der Waals surface area contributed by atoms with Gasteiger partial charge in [-0.25, -0.2) is 4.98 Å². The first-order valence-electron chi connectivity index (χ1n) is 8.61. The summed E-state index contributed by atoms with van der Waals surface area (Å²) in [6, 6.07) is 0. The number of amides is 1. The van der Waals surface area contributed by atoms with Crippen LogP contribution in [0.1, 0.15) is 56.9 Å². The number of hydrogen-bond donors (Lipinski definition) is 2. The molecule has 1 aliphatic carbocycles. The van der Waals surface area contributed by atoms with E-state index in [0.717, 1.165) is 30.9 Å². The van der Waals surface area contributed by atoms with Gasteiger partial charge in [-0.1, -0.05) is 19.8 Å². The molecule has 0 spiro atoms. The van der Waals surface area contributed by atoms with Gasteiger partial charge in [0.25, 0.3) is 0 Å². The van der Waals surface area contributed by atoms with Crippen LogP contribution in [0.4, 0.5) is 0 Å². The minimum absolute atomic E-state index is 0.181. The first-order chi connectivity index (χ1) is 10.7. The third kappa shape index (κ3) is 3.51. The fraction of sp³-hybridized carbons (Fsp3) is 0.765. The van der Waals surface area contributed by atoms with E-state index in [2.05, 4.69) is 22.5 Å². The number of rotatable bonds is 5. The fourth-order valence-corrected chi connectivity index (χ4v) is 4.87. The third-order valence-corrected chi connectivity index (χ3v) is 6.35. The van der Waals surface area contributed by atoms with E-state index in [1.54, 1.807) is 11.3 Å². The molecule has 0 bridgehead atoms. The summed E-state index contributed by atoms with van der Waals surface area (Å²) in [5.74, 6) is 1.37. The van der Waals surface area contributed by atoms with Gasteiger partial charge in [-0.05, 0) is 50.6 Å². The smallest absolute Gasteiger partial charge is 0.221 e. The van der Waals surface area contributed by atoms with Crippen molar-refractivity contribution in [3.8, 4) is 0 Å². The predicted molar refractivity (Wildman–Crippen MR) is 89.8 cm³/mol. The molecule has 1 unspecified atom stereocenters. The van der Waals surface area contributed by atoms with Gasteiger partial charge in [-0.2, -0.15) is 0 Å². The summed E-state index contributed by atoms with van der Waals surface area (Å²) in [5.41, 5.74) is -0.181. The lowest BCUT2D eigenvalue weighted by Crippen LogP contribution is -2.44. The van der Waals surface area contributed by atoms with Crippen LogP contribution >= 0.6 is 11.3 Å². The molecular formula is C17H27N3OS. The molecule has 3 rings (SSSR count). The van der Waals surface area contributed by atoms with E-state index in [-0.39, 0.29) is 11.4 Å². The van der Waals surface area contributed by atoms with Crippen molar-refractivity contribution in [2.24, 2.45) is 11.8 Å². The quantitative estimate of drug-likeness (QED) is 0.876. The topological polar surface area (TPSA) is 54.0 Å². The number of nitrogens with one attached hydrogen (secondary N) is 2. The van der Waals surface area contributed by atoms with Gasteiger partial charge < -0.3 is 10.6 Å². The fourth-order valence-electron chi connectivity index (χ4n) is 4.02. The van der Waals surface area contributed by atoms with Crippen LogP contribution < -0.4 is 10.6 Å². The van der Waals surface area contributed by atoms with Crippen LogP contribution in [0.5, 0.6) is 0 Å². The second-order valence-corrected chi connectivity index (χ2v) is 7.84.